The summed E-state index contributed by atoms with van der Waals surface area (Å²) in [6.07, 6.45) is 0. The second kappa shape index (κ2) is 3.84. The molecule has 84 valence electrons. The van der Waals surface area contributed by atoms with E-state index >= 15 is 0 Å². The number of fused-ring (bicyclic) bond motifs is 1. The van der Waals surface area contributed by atoms with E-state index in [1.54, 1.807) is 19.2 Å². The average Bonchev–Trinajstić information content (AvgIpc) is 2.32. The van der Waals surface area contributed by atoms with E-state index in [-0.39, 0.29) is 12.5 Å². The van der Waals surface area contributed by atoms with E-state index in [4.69, 9.17) is 0 Å². The minimum Gasteiger partial charge on any atom is -0.465 e. The Hall–Kier alpha value is -2.04. The van der Waals surface area contributed by atoms with Crippen LogP contribution in [0, 0.1) is 0 Å². The van der Waals surface area contributed by atoms with E-state index in [0.717, 1.165) is 5.69 Å². The number of carbonyl (C=O) groups is 2. The molecule has 0 aliphatic carbocycles. The zero-order valence-corrected chi connectivity index (χ0v) is 9.11. The molecule has 2 rings (SSSR count). The number of hydrogen-bond acceptors (Lipinski definition) is 4. The van der Waals surface area contributed by atoms with Crippen LogP contribution in [0.15, 0.2) is 18.2 Å². The van der Waals surface area contributed by atoms with Gasteiger partial charge in [-0.1, -0.05) is 6.07 Å². The predicted molar refractivity (Wildman–Crippen MR) is 59.7 cm³/mol. The minimum atomic E-state index is -0.444. The lowest BCUT2D eigenvalue weighted by Gasteiger charge is -2.28. The van der Waals surface area contributed by atoms with E-state index < -0.39 is 5.97 Å². The maximum Gasteiger partial charge on any atom is 0.340 e. The molecule has 1 heterocycles. The third kappa shape index (κ3) is 1.50. The van der Waals surface area contributed by atoms with Crippen LogP contribution in [0.5, 0.6) is 0 Å². The van der Waals surface area contributed by atoms with Gasteiger partial charge in [-0.3, -0.25) is 4.79 Å². The summed E-state index contributed by atoms with van der Waals surface area (Å²) in [6, 6.07) is 5.22. The summed E-state index contributed by atoms with van der Waals surface area (Å²) in [7, 11) is 2.97. The number of hydrogen-bond donors (Lipinski definition) is 1. The molecule has 0 aromatic heterocycles. The van der Waals surface area contributed by atoms with Crippen molar-refractivity contribution < 1.29 is 14.3 Å². The van der Waals surface area contributed by atoms with Crippen molar-refractivity contribution in [2.24, 2.45) is 0 Å². The van der Waals surface area contributed by atoms with Gasteiger partial charge in [0.25, 0.3) is 0 Å². The lowest BCUT2D eigenvalue weighted by atomic mass is 10.1. The Bertz CT molecular complexity index is 457. The second-order valence-electron chi connectivity index (χ2n) is 3.50. The predicted octanol–water partition coefficient (Wildman–Crippen LogP) is 0.861. The van der Waals surface area contributed by atoms with Gasteiger partial charge in [-0.05, 0) is 12.1 Å². The van der Waals surface area contributed by atoms with Crippen molar-refractivity contribution in [3.63, 3.8) is 0 Å². The SMILES string of the molecule is COC(=O)c1cccc2c1N(C)C(=O)CN2. The van der Waals surface area contributed by atoms with Crippen LogP contribution in [0.25, 0.3) is 0 Å². The number of rotatable bonds is 1. The molecular formula is C11H12N2O3. The van der Waals surface area contributed by atoms with Crippen LogP contribution in [-0.4, -0.2) is 32.6 Å². The largest absolute Gasteiger partial charge is 0.465 e. The molecule has 0 bridgehead atoms. The summed E-state index contributed by atoms with van der Waals surface area (Å²) in [5.74, 6) is -0.524. The maximum atomic E-state index is 11.5. The Morgan fingerprint density at radius 2 is 2.25 bits per heavy atom. The number of ether oxygens (including phenoxy) is 1. The highest BCUT2D eigenvalue weighted by atomic mass is 16.5. The van der Waals surface area contributed by atoms with Gasteiger partial charge in [-0.2, -0.15) is 0 Å². The summed E-state index contributed by atoms with van der Waals surface area (Å²) in [6.45, 7) is 0.244. The monoisotopic (exact) mass is 220 g/mol. The van der Waals surface area contributed by atoms with Crippen molar-refractivity contribution in [1.82, 2.24) is 0 Å². The third-order valence-electron chi connectivity index (χ3n) is 2.58. The number of amides is 1. The van der Waals surface area contributed by atoms with Crippen molar-refractivity contribution in [2.45, 2.75) is 0 Å². The highest BCUT2D eigenvalue weighted by molar-refractivity contribution is 6.09. The molecule has 1 aromatic rings. The summed E-state index contributed by atoms with van der Waals surface area (Å²) >= 11 is 0. The fourth-order valence-electron chi connectivity index (χ4n) is 1.74. The molecule has 1 aliphatic heterocycles. The molecule has 0 atom stereocenters. The Kier molecular flexibility index (Phi) is 2.52. The summed E-state index contributed by atoms with van der Waals surface area (Å²) in [5, 5.41) is 2.96. The number of esters is 1. The van der Waals surface area contributed by atoms with E-state index in [1.165, 1.54) is 12.0 Å². The van der Waals surface area contributed by atoms with E-state index in [9.17, 15) is 9.59 Å². The highest BCUT2D eigenvalue weighted by Gasteiger charge is 2.25. The first-order valence-electron chi connectivity index (χ1n) is 4.87. The van der Waals surface area contributed by atoms with Crippen molar-refractivity contribution in [3.8, 4) is 0 Å². The lowest BCUT2D eigenvalue weighted by Crippen LogP contribution is -2.38. The van der Waals surface area contributed by atoms with Gasteiger partial charge >= 0.3 is 5.97 Å². The number of methoxy groups -OCH3 is 1. The molecule has 0 radical (unpaired) electrons. The topological polar surface area (TPSA) is 58.6 Å². The molecule has 16 heavy (non-hydrogen) atoms. The number of carbonyl (C=O) groups excluding carboxylic acids is 2. The molecule has 1 aromatic carbocycles. The van der Waals surface area contributed by atoms with E-state index in [1.807, 2.05) is 6.07 Å². The van der Waals surface area contributed by atoms with Crippen LogP contribution in [0.2, 0.25) is 0 Å². The first-order chi connectivity index (χ1) is 7.65. The number of likely N-dealkylation sites (N-methyl/N-ethyl adjacent to an activating group) is 1. The molecule has 0 saturated heterocycles. The quantitative estimate of drug-likeness (QED) is 0.713. The van der Waals surface area contributed by atoms with Crippen molar-refractivity contribution in [3.05, 3.63) is 23.8 Å². The van der Waals surface area contributed by atoms with Gasteiger partial charge < -0.3 is 15.0 Å². The van der Waals surface area contributed by atoms with Gasteiger partial charge in [0.1, 0.15) is 0 Å². The van der Waals surface area contributed by atoms with Crippen LogP contribution in [0.3, 0.4) is 0 Å². The van der Waals surface area contributed by atoms with Crippen molar-refractivity contribution in [1.29, 1.82) is 0 Å². The average molecular weight is 220 g/mol. The van der Waals surface area contributed by atoms with Crippen LogP contribution in [0.1, 0.15) is 10.4 Å². The zero-order valence-electron chi connectivity index (χ0n) is 9.11. The molecule has 1 amide bonds. The number of nitrogens with zero attached hydrogens (tertiary/aromatic N) is 1. The molecule has 5 heteroatoms. The Morgan fingerprint density at radius 3 is 2.94 bits per heavy atom. The Balaban J connectivity index is 2.57. The van der Waals surface area contributed by atoms with Gasteiger partial charge in [0.15, 0.2) is 0 Å². The lowest BCUT2D eigenvalue weighted by molar-refractivity contribution is -0.116. The van der Waals surface area contributed by atoms with Crippen molar-refractivity contribution >= 4 is 23.3 Å². The molecule has 5 nitrogen and oxygen atoms in total. The number of benzene rings is 1. The molecular weight excluding hydrogens is 208 g/mol. The molecule has 0 fully saturated rings. The molecule has 1 aliphatic rings. The Morgan fingerprint density at radius 1 is 1.50 bits per heavy atom. The summed E-state index contributed by atoms with van der Waals surface area (Å²) < 4.78 is 4.68. The fourth-order valence-corrected chi connectivity index (χ4v) is 1.74. The summed E-state index contributed by atoms with van der Waals surface area (Å²) in [4.78, 5) is 24.6. The van der Waals surface area contributed by atoms with E-state index in [2.05, 4.69) is 10.1 Å². The zero-order chi connectivity index (χ0) is 11.7. The van der Waals surface area contributed by atoms with Gasteiger partial charge in [0.05, 0.1) is 30.6 Å². The normalized spacial score (nSPS) is 14.1. The molecule has 0 unspecified atom stereocenters. The molecule has 0 spiro atoms. The number of nitrogens with one attached hydrogen (secondary N) is 1. The standard InChI is InChI=1S/C11H12N2O3/c1-13-9(14)6-12-8-5-3-4-7(10(8)13)11(15)16-2/h3-5,12H,6H2,1-2H3. The van der Waals surface area contributed by atoms with Crippen LogP contribution in [0.4, 0.5) is 11.4 Å². The maximum absolute atomic E-state index is 11.5. The highest BCUT2D eigenvalue weighted by Crippen LogP contribution is 2.32. The first kappa shape index (κ1) is 10.5. The number of anilines is 2. The van der Waals surface area contributed by atoms with Gasteiger partial charge in [-0.25, -0.2) is 4.79 Å². The Labute approximate surface area is 93.0 Å². The van der Waals surface area contributed by atoms with Crippen LogP contribution < -0.4 is 10.2 Å². The van der Waals surface area contributed by atoms with Gasteiger partial charge in [0.2, 0.25) is 5.91 Å². The molecule has 0 saturated carbocycles. The minimum absolute atomic E-state index is 0.0798. The van der Waals surface area contributed by atoms with Gasteiger partial charge in [-0.15, -0.1) is 0 Å². The van der Waals surface area contributed by atoms with E-state index in [0.29, 0.717) is 11.3 Å². The van der Waals surface area contributed by atoms with Gasteiger partial charge in [0, 0.05) is 7.05 Å². The fraction of sp³-hybridized carbons (Fsp3) is 0.273. The molecule has 1 N–H and O–H groups in total. The van der Waals surface area contributed by atoms with Crippen LogP contribution >= 0.6 is 0 Å². The second-order valence-corrected chi connectivity index (χ2v) is 3.50. The third-order valence-corrected chi connectivity index (χ3v) is 2.58. The summed E-state index contributed by atoms with van der Waals surface area (Å²) in [5.41, 5.74) is 1.73. The first-order valence-corrected chi connectivity index (χ1v) is 4.87. The van der Waals surface area contributed by atoms with Crippen LogP contribution in [-0.2, 0) is 9.53 Å². The van der Waals surface area contributed by atoms with Crippen molar-refractivity contribution in [2.75, 3.05) is 30.9 Å². The smallest absolute Gasteiger partial charge is 0.340 e. The number of para-hydroxylation sites is 1.